The second-order valence-electron chi connectivity index (χ2n) is 8.24. The SMILES string of the molecule is CNC(=O)Oc1c(-c2ccc(Oc3ccc(C#N)cc3)cc2)oc2cc(N(CCO)S(C)(=O)=O)c(OC)cc12. The van der Waals surface area contributed by atoms with Crippen LogP contribution in [0.25, 0.3) is 22.3 Å². The summed E-state index contributed by atoms with van der Waals surface area (Å²) >= 11 is 0. The molecule has 0 saturated heterocycles. The topological polar surface area (TPSA) is 151 Å². The molecule has 0 saturated carbocycles. The van der Waals surface area contributed by atoms with E-state index in [1.807, 2.05) is 0 Å². The molecule has 1 heterocycles. The highest BCUT2D eigenvalue weighted by molar-refractivity contribution is 7.92. The molecule has 0 bridgehead atoms. The summed E-state index contributed by atoms with van der Waals surface area (Å²) in [4.78, 5) is 12.2. The van der Waals surface area contributed by atoms with Gasteiger partial charge in [-0.2, -0.15) is 5.26 Å². The summed E-state index contributed by atoms with van der Waals surface area (Å²) < 4.78 is 48.7. The maximum atomic E-state index is 12.4. The number of nitrogens with one attached hydrogen (secondary N) is 1. The molecule has 0 atom stereocenters. The van der Waals surface area contributed by atoms with Crippen molar-refractivity contribution in [3.8, 4) is 40.4 Å². The van der Waals surface area contributed by atoms with Gasteiger partial charge in [-0.3, -0.25) is 4.31 Å². The lowest BCUT2D eigenvalue weighted by molar-refractivity contribution is 0.203. The van der Waals surface area contributed by atoms with Gasteiger partial charge in [-0.1, -0.05) is 0 Å². The number of carbonyl (C=O) groups excluding carboxylic acids is 1. The van der Waals surface area contributed by atoms with Gasteiger partial charge in [0.2, 0.25) is 10.0 Å². The molecule has 0 aliphatic rings. The van der Waals surface area contributed by atoms with Crippen LogP contribution in [0.4, 0.5) is 10.5 Å². The minimum Gasteiger partial charge on any atom is -0.495 e. The molecule has 1 aromatic heterocycles. The Morgan fingerprint density at radius 2 is 1.74 bits per heavy atom. The fraction of sp³-hybridized carbons (Fsp3) is 0.185. The first kappa shape index (κ1) is 27.3. The number of furan rings is 1. The lowest BCUT2D eigenvalue weighted by atomic mass is 10.1. The van der Waals surface area contributed by atoms with E-state index in [4.69, 9.17) is 23.9 Å². The number of benzene rings is 3. The van der Waals surface area contributed by atoms with E-state index in [9.17, 15) is 18.3 Å². The third kappa shape index (κ3) is 5.90. The number of fused-ring (bicyclic) bond motifs is 1. The molecule has 11 nitrogen and oxygen atoms in total. The molecular formula is C27H25N3O8S. The molecule has 1 amide bonds. The minimum absolute atomic E-state index is 0.100. The second kappa shape index (κ2) is 11.3. The summed E-state index contributed by atoms with van der Waals surface area (Å²) in [6.07, 6.45) is 0.280. The van der Waals surface area contributed by atoms with Crippen molar-refractivity contribution in [1.29, 1.82) is 5.26 Å². The number of aliphatic hydroxyl groups is 1. The Balaban J connectivity index is 1.79. The molecule has 0 aliphatic heterocycles. The largest absolute Gasteiger partial charge is 0.495 e. The summed E-state index contributed by atoms with van der Waals surface area (Å²) in [7, 11) is -0.982. The van der Waals surface area contributed by atoms with Gasteiger partial charge in [-0.15, -0.1) is 0 Å². The van der Waals surface area contributed by atoms with Crippen LogP contribution in [0.15, 0.2) is 65.1 Å². The van der Waals surface area contributed by atoms with Gasteiger partial charge < -0.3 is 29.1 Å². The van der Waals surface area contributed by atoms with Crippen molar-refractivity contribution >= 4 is 32.8 Å². The number of hydrogen-bond donors (Lipinski definition) is 2. The van der Waals surface area contributed by atoms with E-state index in [1.165, 1.54) is 26.3 Å². The monoisotopic (exact) mass is 551 g/mol. The van der Waals surface area contributed by atoms with Gasteiger partial charge in [-0.25, -0.2) is 13.2 Å². The number of amides is 1. The lowest BCUT2D eigenvalue weighted by Crippen LogP contribution is -2.32. The maximum Gasteiger partial charge on any atom is 0.412 e. The molecule has 4 aromatic rings. The number of nitrogens with zero attached hydrogens (tertiary/aromatic N) is 2. The van der Waals surface area contributed by atoms with Crippen molar-refractivity contribution in [3.05, 3.63) is 66.2 Å². The first-order valence-corrected chi connectivity index (χ1v) is 13.4. The number of hydrogen-bond acceptors (Lipinski definition) is 9. The molecule has 0 aliphatic carbocycles. The zero-order valence-corrected chi connectivity index (χ0v) is 22.1. The Kier molecular flexibility index (Phi) is 7.94. The fourth-order valence-corrected chi connectivity index (χ4v) is 4.76. The first-order chi connectivity index (χ1) is 18.7. The predicted octanol–water partition coefficient (Wildman–Crippen LogP) is 4.25. The molecule has 39 heavy (non-hydrogen) atoms. The molecule has 202 valence electrons. The molecular weight excluding hydrogens is 526 g/mol. The van der Waals surface area contributed by atoms with Crippen LogP contribution >= 0.6 is 0 Å². The zero-order chi connectivity index (χ0) is 28.2. The van der Waals surface area contributed by atoms with Crippen LogP contribution in [-0.2, 0) is 10.0 Å². The number of carbonyl (C=O) groups is 1. The number of anilines is 1. The van der Waals surface area contributed by atoms with Crippen LogP contribution < -0.4 is 23.8 Å². The van der Waals surface area contributed by atoms with Crippen LogP contribution in [0.5, 0.6) is 23.0 Å². The quantitative estimate of drug-likeness (QED) is 0.311. The molecule has 12 heteroatoms. The highest BCUT2D eigenvalue weighted by atomic mass is 32.2. The van der Waals surface area contributed by atoms with Crippen molar-refractivity contribution < 1.29 is 36.9 Å². The summed E-state index contributed by atoms with van der Waals surface area (Å²) in [6.45, 7) is -0.615. The highest BCUT2D eigenvalue weighted by Crippen LogP contribution is 2.45. The van der Waals surface area contributed by atoms with E-state index in [1.54, 1.807) is 48.5 Å². The van der Waals surface area contributed by atoms with E-state index in [0.29, 0.717) is 28.0 Å². The normalized spacial score (nSPS) is 11.1. The third-order valence-corrected chi connectivity index (χ3v) is 6.83. The van der Waals surface area contributed by atoms with E-state index in [2.05, 4.69) is 11.4 Å². The van der Waals surface area contributed by atoms with Crippen LogP contribution in [-0.4, -0.2) is 53.2 Å². The number of ether oxygens (including phenoxy) is 3. The van der Waals surface area contributed by atoms with E-state index < -0.39 is 22.7 Å². The Morgan fingerprint density at radius 3 is 2.28 bits per heavy atom. The van der Waals surface area contributed by atoms with Gasteiger partial charge in [0, 0.05) is 18.7 Å². The van der Waals surface area contributed by atoms with Crippen LogP contribution in [0.2, 0.25) is 0 Å². The number of methoxy groups -OCH3 is 1. The minimum atomic E-state index is -3.77. The van der Waals surface area contributed by atoms with E-state index in [0.717, 1.165) is 10.6 Å². The van der Waals surface area contributed by atoms with Crippen molar-refractivity contribution in [2.45, 2.75) is 0 Å². The average Bonchev–Trinajstić information content (AvgIpc) is 3.27. The number of sulfonamides is 1. The molecule has 4 rings (SSSR count). The third-order valence-electron chi connectivity index (χ3n) is 5.65. The van der Waals surface area contributed by atoms with Gasteiger partial charge in [0.05, 0.1) is 49.2 Å². The van der Waals surface area contributed by atoms with Crippen molar-refractivity contribution in [3.63, 3.8) is 0 Å². The zero-order valence-electron chi connectivity index (χ0n) is 21.3. The highest BCUT2D eigenvalue weighted by Gasteiger charge is 2.26. The molecule has 0 fully saturated rings. The summed E-state index contributed by atoms with van der Waals surface area (Å²) in [6, 6.07) is 18.5. The summed E-state index contributed by atoms with van der Waals surface area (Å²) in [5.41, 5.74) is 1.44. The van der Waals surface area contributed by atoms with Gasteiger partial charge >= 0.3 is 6.09 Å². The summed E-state index contributed by atoms with van der Waals surface area (Å²) in [5.74, 6) is 1.55. The predicted molar refractivity (Wildman–Crippen MR) is 144 cm³/mol. The number of nitriles is 1. The van der Waals surface area contributed by atoms with Crippen LogP contribution in [0, 0.1) is 11.3 Å². The first-order valence-electron chi connectivity index (χ1n) is 11.6. The number of aliphatic hydroxyl groups excluding tert-OH is 1. The standard InChI is InChI=1S/C27H25N3O8S/c1-29-27(32)38-26-21-14-24(35-2)22(30(12-13-31)39(3,33)34)15-23(21)37-25(26)18-6-10-20(11-7-18)36-19-8-4-17(16-28)5-9-19/h4-11,14-15,31H,12-13H2,1-3H3,(H,29,32). The van der Waals surface area contributed by atoms with Crippen LogP contribution in [0.1, 0.15) is 5.56 Å². The molecule has 0 spiro atoms. The van der Waals surface area contributed by atoms with Crippen LogP contribution in [0.3, 0.4) is 0 Å². The Morgan fingerprint density at radius 1 is 1.10 bits per heavy atom. The van der Waals surface area contributed by atoms with Gasteiger partial charge in [0.15, 0.2) is 11.5 Å². The smallest absolute Gasteiger partial charge is 0.412 e. The van der Waals surface area contributed by atoms with Crippen molar-refractivity contribution in [2.75, 3.05) is 37.9 Å². The number of rotatable bonds is 9. The fourth-order valence-electron chi connectivity index (χ4n) is 3.85. The molecule has 0 radical (unpaired) electrons. The van der Waals surface area contributed by atoms with E-state index in [-0.39, 0.29) is 35.1 Å². The Labute approximate surface area is 224 Å². The van der Waals surface area contributed by atoms with Crippen molar-refractivity contribution in [2.24, 2.45) is 0 Å². The Bertz CT molecular complexity index is 1640. The van der Waals surface area contributed by atoms with Crippen molar-refractivity contribution in [1.82, 2.24) is 5.32 Å². The molecule has 3 aromatic carbocycles. The van der Waals surface area contributed by atoms with Gasteiger partial charge in [0.25, 0.3) is 0 Å². The Hall–Kier alpha value is -4.73. The van der Waals surface area contributed by atoms with E-state index >= 15 is 0 Å². The maximum absolute atomic E-state index is 12.4. The molecule has 0 unspecified atom stereocenters. The van der Waals surface area contributed by atoms with Gasteiger partial charge in [-0.05, 0) is 54.6 Å². The molecule has 2 N–H and O–H groups in total. The second-order valence-corrected chi connectivity index (χ2v) is 10.1. The average molecular weight is 552 g/mol. The summed E-state index contributed by atoms with van der Waals surface area (Å²) in [5, 5.41) is 21.2. The van der Waals surface area contributed by atoms with Gasteiger partial charge in [0.1, 0.15) is 22.8 Å². The lowest BCUT2D eigenvalue weighted by Gasteiger charge is -2.23.